The van der Waals surface area contributed by atoms with Gasteiger partial charge in [-0.15, -0.1) is 0 Å². The molecular formula is C18H18N+. The lowest BCUT2D eigenvalue weighted by Gasteiger charge is -2.08. The molecule has 0 unspecified atom stereocenters. The van der Waals surface area contributed by atoms with Crippen LogP contribution in [0.15, 0.2) is 60.8 Å². The van der Waals surface area contributed by atoms with Gasteiger partial charge in [0, 0.05) is 11.6 Å². The summed E-state index contributed by atoms with van der Waals surface area (Å²) in [7, 11) is 0. The van der Waals surface area contributed by atoms with Crippen molar-refractivity contribution in [1.29, 1.82) is 0 Å². The molecule has 0 saturated heterocycles. The van der Waals surface area contributed by atoms with Crippen molar-refractivity contribution in [2.24, 2.45) is 0 Å². The lowest BCUT2D eigenvalue weighted by Crippen LogP contribution is -2.34. The molecule has 0 saturated carbocycles. The van der Waals surface area contributed by atoms with E-state index in [1.807, 2.05) is 0 Å². The second-order valence-corrected chi connectivity index (χ2v) is 4.85. The van der Waals surface area contributed by atoms with Gasteiger partial charge in [0.15, 0.2) is 6.20 Å². The van der Waals surface area contributed by atoms with E-state index in [-0.39, 0.29) is 0 Å². The third-order valence-corrected chi connectivity index (χ3v) is 3.68. The first kappa shape index (κ1) is 11.9. The summed E-state index contributed by atoms with van der Waals surface area (Å²) in [6.45, 7) is 5.35. The van der Waals surface area contributed by atoms with Crippen molar-refractivity contribution >= 4 is 10.8 Å². The number of hydrogen-bond acceptors (Lipinski definition) is 0. The molecule has 1 heterocycles. The van der Waals surface area contributed by atoms with Crippen LogP contribution in [0.4, 0.5) is 0 Å². The molecule has 0 spiro atoms. The average Bonchev–Trinajstić information content (AvgIpc) is 2.47. The molecule has 1 aromatic heterocycles. The van der Waals surface area contributed by atoms with Crippen molar-refractivity contribution in [3.8, 4) is 11.3 Å². The Balaban J connectivity index is 2.41. The molecule has 2 aromatic carbocycles. The van der Waals surface area contributed by atoms with Crippen molar-refractivity contribution < 1.29 is 4.57 Å². The maximum absolute atomic E-state index is 2.32. The average molecular weight is 248 g/mol. The molecule has 19 heavy (non-hydrogen) atoms. The molecule has 3 rings (SSSR count). The minimum absolute atomic E-state index is 0.981. The van der Waals surface area contributed by atoms with Crippen LogP contribution in [-0.4, -0.2) is 0 Å². The van der Waals surface area contributed by atoms with E-state index in [2.05, 4.69) is 79.2 Å². The van der Waals surface area contributed by atoms with Crippen molar-refractivity contribution in [2.45, 2.75) is 20.4 Å². The quantitative estimate of drug-likeness (QED) is 0.601. The van der Waals surface area contributed by atoms with Crippen LogP contribution in [0.1, 0.15) is 12.5 Å². The van der Waals surface area contributed by atoms with Gasteiger partial charge >= 0.3 is 0 Å². The van der Waals surface area contributed by atoms with E-state index in [4.69, 9.17) is 0 Å². The summed E-state index contributed by atoms with van der Waals surface area (Å²) in [5.74, 6) is 0. The zero-order valence-electron chi connectivity index (χ0n) is 11.4. The van der Waals surface area contributed by atoms with Crippen LogP contribution >= 0.6 is 0 Å². The van der Waals surface area contributed by atoms with Crippen LogP contribution < -0.4 is 4.57 Å². The fourth-order valence-electron chi connectivity index (χ4n) is 2.66. The van der Waals surface area contributed by atoms with Crippen LogP contribution in [0.2, 0.25) is 0 Å². The van der Waals surface area contributed by atoms with E-state index in [0.29, 0.717) is 0 Å². The third kappa shape index (κ3) is 2.01. The Hall–Kier alpha value is -2.15. The number of rotatable bonds is 2. The summed E-state index contributed by atoms with van der Waals surface area (Å²) < 4.78 is 2.32. The maximum Gasteiger partial charge on any atom is 0.220 e. The Morgan fingerprint density at radius 1 is 0.895 bits per heavy atom. The van der Waals surface area contributed by atoms with Gasteiger partial charge in [-0.25, -0.2) is 0 Å². The lowest BCUT2D eigenvalue weighted by molar-refractivity contribution is -0.681. The van der Waals surface area contributed by atoms with Crippen molar-refractivity contribution in [3.05, 3.63) is 66.4 Å². The number of fused-ring (bicyclic) bond motifs is 1. The molecule has 0 amide bonds. The van der Waals surface area contributed by atoms with E-state index >= 15 is 0 Å². The van der Waals surface area contributed by atoms with Gasteiger partial charge in [0.05, 0.1) is 5.39 Å². The molecule has 0 atom stereocenters. The van der Waals surface area contributed by atoms with E-state index in [1.54, 1.807) is 0 Å². The molecule has 0 aliphatic heterocycles. The minimum atomic E-state index is 0.981. The highest BCUT2D eigenvalue weighted by Gasteiger charge is 2.17. The first-order valence-corrected chi connectivity index (χ1v) is 6.78. The van der Waals surface area contributed by atoms with Crippen LogP contribution in [0.3, 0.4) is 0 Å². The van der Waals surface area contributed by atoms with Crippen molar-refractivity contribution in [2.75, 3.05) is 0 Å². The molecule has 1 heteroatoms. The second-order valence-electron chi connectivity index (χ2n) is 4.85. The number of hydrogen-bond donors (Lipinski definition) is 0. The molecule has 94 valence electrons. The summed E-state index contributed by atoms with van der Waals surface area (Å²) >= 11 is 0. The number of benzene rings is 2. The highest BCUT2D eigenvalue weighted by Crippen LogP contribution is 2.27. The Morgan fingerprint density at radius 2 is 1.63 bits per heavy atom. The van der Waals surface area contributed by atoms with Gasteiger partial charge in [-0.3, -0.25) is 0 Å². The smallest absolute Gasteiger partial charge is 0.198 e. The van der Waals surface area contributed by atoms with E-state index in [1.165, 1.54) is 27.6 Å². The Labute approximate surface area is 114 Å². The van der Waals surface area contributed by atoms with Gasteiger partial charge in [-0.05, 0) is 36.9 Å². The monoisotopic (exact) mass is 248 g/mol. The number of pyridine rings is 1. The lowest BCUT2D eigenvalue weighted by atomic mass is 9.99. The summed E-state index contributed by atoms with van der Waals surface area (Å²) in [5, 5.41) is 2.62. The van der Waals surface area contributed by atoms with Gasteiger partial charge in [0.2, 0.25) is 5.69 Å². The van der Waals surface area contributed by atoms with Crippen molar-refractivity contribution in [3.63, 3.8) is 0 Å². The fraction of sp³-hybridized carbons (Fsp3) is 0.167. The Bertz CT molecular complexity index is 729. The first-order valence-electron chi connectivity index (χ1n) is 6.78. The van der Waals surface area contributed by atoms with Crippen LogP contribution in [0.25, 0.3) is 22.0 Å². The van der Waals surface area contributed by atoms with Gasteiger partial charge in [-0.1, -0.05) is 36.4 Å². The molecule has 1 nitrogen and oxygen atoms in total. The molecule has 0 bridgehead atoms. The summed E-state index contributed by atoms with van der Waals surface area (Å²) in [5.41, 5.74) is 3.96. The summed E-state index contributed by atoms with van der Waals surface area (Å²) in [6.07, 6.45) is 2.18. The van der Waals surface area contributed by atoms with Gasteiger partial charge < -0.3 is 0 Å². The van der Waals surface area contributed by atoms with Gasteiger partial charge in [0.1, 0.15) is 6.54 Å². The highest BCUT2D eigenvalue weighted by molar-refractivity contribution is 5.93. The molecule has 3 aromatic rings. The predicted octanol–water partition coefficient (Wildman–Crippen LogP) is 4.12. The molecule has 0 fully saturated rings. The number of aryl methyl sites for hydroxylation is 2. The zero-order valence-corrected chi connectivity index (χ0v) is 11.4. The molecule has 0 aliphatic carbocycles. The van der Waals surface area contributed by atoms with Crippen LogP contribution in [0, 0.1) is 6.92 Å². The predicted molar refractivity (Wildman–Crippen MR) is 80.0 cm³/mol. The zero-order chi connectivity index (χ0) is 13.2. The summed E-state index contributed by atoms with van der Waals surface area (Å²) in [4.78, 5) is 0. The van der Waals surface area contributed by atoms with Gasteiger partial charge in [0.25, 0.3) is 0 Å². The Morgan fingerprint density at radius 3 is 2.42 bits per heavy atom. The standard InChI is InChI=1S/C18H18N/c1-3-19-13-12-15-9-5-7-11-17(15)18(19)16-10-6-4-8-14(16)2/h4-13H,3H2,1-2H3/q+1. The van der Waals surface area contributed by atoms with E-state index in [0.717, 1.165) is 6.54 Å². The number of aromatic nitrogens is 1. The summed E-state index contributed by atoms with van der Waals surface area (Å²) in [6, 6.07) is 19.4. The molecule has 0 N–H and O–H groups in total. The maximum atomic E-state index is 2.32. The van der Waals surface area contributed by atoms with Gasteiger partial charge in [-0.2, -0.15) is 4.57 Å². The van der Waals surface area contributed by atoms with Crippen LogP contribution in [0.5, 0.6) is 0 Å². The fourth-order valence-corrected chi connectivity index (χ4v) is 2.66. The highest BCUT2D eigenvalue weighted by atomic mass is 14.9. The Kier molecular flexibility index (Phi) is 3.04. The van der Waals surface area contributed by atoms with Crippen LogP contribution in [-0.2, 0) is 6.54 Å². The minimum Gasteiger partial charge on any atom is -0.198 e. The first-order chi connectivity index (χ1) is 9.31. The topological polar surface area (TPSA) is 3.88 Å². The number of nitrogens with zero attached hydrogens (tertiary/aromatic N) is 1. The van der Waals surface area contributed by atoms with E-state index in [9.17, 15) is 0 Å². The molecule has 0 radical (unpaired) electrons. The third-order valence-electron chi connectivity index (χ3n) is 3.68. The second kappa shape index (κ2) is 4.85. The molecular weight excluding hydrogens is 230 g/mol. The normalized spacial score (nSPS) is 10.8. The van der Waals surface area contributed by atoms with E-state index < -0.39 is 0 Å². The SMILES string of the molecule is CC[n+]1ccc2ccccc2c1-c1ccccc1C. The molecule has 0 aliphatic rings. The van der Waals surface area contributed by atoms with Crippen molar-refractivity contribution in [1.82, 2.24) is 0 Å². The largest absolute Gasteiger partial charge is 0.220 e.